The van der Waals surface area contributed by atoms with Crippen LogP contribution in [0.2, 0.25) is 0 Å². The van der Waals surface area contributed by atoms with Gasteiger partial charge in [0.15, 0.2) is 4.75 Å². The second-order valence-corrected chi connectivity index (χ2v) is 13.8. The van der Waals surface area contributed by atoms with Gasteiger partial charge in [-0.05, 0) is 39.2 Å². The Balaban J connectivity index is 1.80. The fourth-order valence-corrected chi connectivity index (χ4v) is 6.34. The van der Waals surface area contributed by atoms with Crippen LogP contribution in [0.5, 0.6) is 0 Å². The largest absolute Gasteiger partial charge is 0.367 e. The van der Waals surface area contributed by atoms with Crippen LogP contribution in [0.4, 0.5) is 10.2 Å². The van der Waals surface area contributed by atoms with Gasteiger partial charge in [-0.25, -0.2) is 27.1 Å². The van der Waals surface area contributed by atoms with Gasteiger partial charge in [-0.2, -0.15) is 0 Å². The van der Waals surface area contributed by atoms with Gasteiger partial charge in [0, 0.05) is 24.7 Å². The maximum Gasteiger partial charge on any atom is 0.211 e. The van der Waals surface area contributed by atoms with Crippen LogP contribution >= 0.6 is 18.5 Å². The lowest BCUT2D eigenvalue weighted by Gasteiger charge is -2.31. The van der Waals surface area contributed by atoms with Crippen molar-refractivity contribution in [3.63, 3.8) is 0 Å². The van der Waals surface area contributed by atoms with Gasteiger partial charge in [-0.3, -0.25) is 0 Å². The molecule has 3 rings (SSSR count). The molecule has 0 spiro atoms. The Hall–Kier alpha value is -1.35. The predicted octanol–water partition coefficient (Wildman–Crippen LogP) is 2.74. The monoisotopic (exact) mass is 446 g/mol. The molecule has 0 bridgehead atoms. The number of piperidine rings is 1. The normalized spacial score (nSPS) is 17.0. The highest BCUT2D eigenvalue weighted by Crippen LogP contribution is 2.40. The van der Waals surface area contributed by atoms with Crippen LogP contribution in [0.15, 0.2) is 12.3 Å². The lowest BCUT2D eigenvalue weighted by molar-refractivity contribution is 0.331. The van der Waals surface area contributed by atoms with E-state index in [4.69, 9.17) is 0 Å². The first kappa shape index (κ1) is 21.4. The van der Waals surface area contributed by atoms with E-state index in [2.05, 4.69) is 15.3 Å². The molecule has 0 atom stereocenters. The first-order valence-corrected chi connectivity index (χ1v) is 14.1. The number of aryl methyl sites for hydroxylation is 1. The zero-order valence-electron chi connectivity index (χ0n) is 16.3. The molecule has 28 heavy (non-hydrogen) atoms. The summed E-state index contributed by atoms with van der Waals surface area (Å²) in [5.74, 6) is 0.0671. The quantitative estimate of drug-likeness (QED) is 0.710. The van der Waals surface area contributed by atoms with Crippen LogP contribution in [0.25, 0.3) is 10.4 Å². The Labute approximate surface area is 168 Å². The Bertz CT molecular complexity index is 1030. The molecule has 2 aromatic heterocycles. The van der Waals surface area contributed by atoms with Gasteiger partial charge in [0.05, 0.1) is 23.0 Å². The zero-order valence-corrected chi connectivity index (χ0v) is 18.8. The van der Waals surface area contributed by atoms with E-state index < -0.39 is 23.0 Å². The number of aromatic nitrogens is 2. The molecule has 0 saturated carbocycles. The molecular formula is C17H24FN4O3PS2. The van der Waals surface area contributed by atoms with Gasteiger partial charge in [-0.1, -0.05) is 0 Å². The molecule has 1 fully saturated rings. The topological polar surface area (TPSA) is 92.3 Å². The minimum Gasteiger partial charge on any atom is -0.367 e. The van der Waals surface area contributed by atoms with E-state index in [1.165, 1.54) is 28.1 Å². The summed E-state index contributed by atoms with van der Waals surface area (Å²) in [5, 5.41) is 3.28. The number of nitrogens with one attached hydrogen (secondary N) is 1. The third kappa shape index (κ3) is 4.79. The minimum absolute atomic E-state index is 0.0634. The summed E-state index contributed by atoms with van der Waals surface area (Å²) in [6, 6.07) is 1.70. The molecule has 1 aliphatic heterocycles. The van der Waals surface area contributed by atoms with Crippen molar-refractivity contribution in [2.24, 2.45) is 0 Å². The second-order valence-electron chi connectivity index (χ2n) is 7.39. The molecule has 0 radical (unpaired) electrons. The SMILES string of the molecule is Cc1nc(P(C)(C)=O)sc1-c1cc(NC2CCN(S(C)(=O)=O)CC2)ncc1F. The number of thiazole rings is 1. The van der Waals surface area contributed by atoms with Crippen LogP contribution in [-0.4, -0.2) is 61.4 Å². The van der Waals surface area contributed by atoms with Crippen LogP contribution in [0, 0.1) is 12.7 Å². The molecule has 1 aliphatic rings. The van der Waals surface area contributed by atoms with E-state index >= 15 is 0 Å². The van der Waals surface area contributed by atoms with E-state index in [0.29, 0.717) is 52.6 Å². The van der Waals surface area contributed by atoms with E-state index in [1.807, 2.05) is 0 Å². The third-order valence-corrected chi connectivity index (χ3v) is 9.53. The molecule has 0 unspecified atom stereocenters. The summed E-state index contributed by atoms with van der Waals surface area (Å²) in [7, 11) is -5.69. The van der Waals surface area contributed by atoms with Crippen molar-refractivity contribution in [3.8, 4) is 10.4 Å². The Morgan fingerprint density at radius 1 is 1.32 bits per heavy atom. The lowest BCUT2D eigenvalue weighted by Crippen LogP contribution is -2.41. The molecule has 0 aromatic carbocycles. The van der Waals surface area contributed by atoms with Crippen molar-refractivity contribution in [1.29, 1.82) is 0 Å². The average Bonchev–Trinajstić information content (AvgIpc) is 2.98. The Kier molecular flexibility index (Phi) is 5.96. The number of sulfonamides is 1. The molecule has 2 aromatic rings. The zero-order chi connectivity index (χ0) is 20.7. The maximum atomic E-state index is 14.4. The van der Waals surface area contributed by atoms with Crippen LogP contribution in [0.3, 0.4) is 0 Å². The molecule has 11 heteroatoms. The first-order valence-electron chi connectivity index (χ1n) is 8.85. The number of hydrogen-bond donors (Lipinski definition) is 1. The molecule has 154 valence electrons. The number of pyridine rings is 1. The summed E-state index contributed by atoms with van der Waals surface area (Å²) in [6.45, 7) is 5.97. The highest BCUT2D eigenvalue weighted by molar-refractivity contribution is 7.88. The molecule has 0 aliphatic carbocycles. The summed E-state index contributed by atoms with van der Waals surface area (Å²) in [6.07, 6.45) is 3.69. The van der Waals surface area contributed by atoms with Gasteiger partial charge < -0.3 is 9.88 Å². The Morgan fingerprint density at radius 2 is 1.96 bits per heavy atom. The summed E-state index contributed by atoms with van der Waals surface area (Å²) in [5.41, 5.74) is 1.02. The molecule has 1 saturated heterocycles. The van der Waals surface area contributed by atoms with Crippen LogP contribution in [-0.2, 0) is 14.6 Å². The highest BCUT2D eigenvalue weighted by Gasteiger charge is 2.26. The summed E-state index contributed by atoms with van der Waals surface area (Å²) >= 11 is 1.25. The highest BCUT2D eigenvalue weighted by atomic mass is 32.2. The second kappa shape index (κ2) is 7.82. The van der Waals surface area contributed by atoms with E-state index in [0.717, 1.165) is 0 Å². The predicted molar refractivity (Wildman–Crippen MR) is 112 cm³/mol. The van der Waals surface area contributed by atoms with E-state index in [-0.39, 0.29) is 6.04 Å². The van der Waals surface area contributed by atoms with Gasteiger partial charge in [0.25, 0.3) is 0 Å². The third-order valence-electron chi connectivity index (χ3n) is 4.62. The van der Waals surface area contributed by atoms with Crippen molar-refractivity contribution < 1.29 is 17.4 Å². The van der Waals surface area contributed by atoms with E-state index in [1.54, 1.807) is 26.3 Å². The van der Waals surface area contributed by atoms with Crippen LogP contribution in [0.1, 0.15) is 18.5 Å². The number of halogens is 1. The fourth-order valence-electron chi connectivity index (χ4n) is 3.09. The summed E-state index contributed by atoms with van der Waals surface area (Å²) in [4.78, 5) is 9.13. The smallest absolute Gasteiger partial charge is 0.211 e. The first-order chi connectivity index (χ1) is 12.9. The molecule has 3 heterocycles. The van der Waals surface area contributed by atoms with Crippen LogP contribution < -0.4 is 10.1 Å². The number of anilines is 1. The number of rotatable bonds is 5. The minimum atomic E-state index is -3.17. The van der Waals surface area contributed by atoms with Gasteiger partial charge in [-0.15, -0.1) is 11.3 Å². The average molecular weight is 447 g/mol. The number of nitrogens with zero attached hydrogens (tertiary/aromatic N) is 3. The Morgan fingerprint density at radius 3 is 2.50 bits per heavy atom. The van der Waals surface area contributed by atoms with Gasteiger partial charge >= 0.3 is 0 Å². The van der Waals surface area contributed by atoms with Crippen molar-refractivity contribution in [2.45, 2.75) is 25.8 Å². The number of hydrogen-bond acceptors (Lipinski definition) is 7. The fraction of sp³-hybridized carbons (Fsp3) is 0.529. The van der Waals surface area contributed by atoms with Gasteiger partial charge in [0.1, 0.15) is 18.8 Å². The lowest BCUT2D eigenvalue weighted by atomic mass is 10.1. The standard InChI is InChI=1S/C17H24FN4O3PS2/c1-11-16(27-17(20-11)26(2,3)23)13-9-15(19-10-14(13)18)21-12-5-7-22(8-6-12)28(4,24)25/h9-10,12H,5-8H2,1-4H3,(H,19,21). The van der Waals surface area contributed by atoms with Crippen molar-refractivity contribution >= 4 is 39.1 Å². The maximum absolute atomic E-state index is 14.4. The van der Waals surface area contributed by atoms with Crippen molar-refractivity contribution in [3.05, 3.63) is 23.8 Å². The van der Waals surface area contributed by atoms with E-state index in [9.17, 15) is 17.4 Å². The van der Waals surface area contributed by atoms with Crippen molar-refractivity contribution in [2.75, 3.05) is 38.0 Å². The molecular weight excluding hydrogens is 422 g/mol. The molecule has 0 amide bonds. The summed E-state index contributed by atoms with van der Waals surface area (Å²) < 4.78 is 52.0. The van der Waals surface area contributed by atoms with Crippen molar-refractivity contribution in [1.82, 2.24) is 14.3 Å². The van der Waals surface area contributed by atoms with Gasteiger partial charge in [0.2, 0.25) is 10.0 Å². The molecule has 7 nitrogen and oxygen atoms in total. The molecule has 1 N–H and O–H groups in total.